The summed E-state index contributed by atoms with van der Waals surface area (Å²) in [6, 6.07) is 3.01. The molecule has 1 aromatic carbocycles. The average molecular weight is 317 g/mol. The van der Waals surface area contributed by atoms with Crippen molar-refractivity contribution in [3.05, 3.63) is 35.1 Å². The van der Waals surface area contributed by atoms with Crippen LogP contribution in [0.25, 0.3) is 0 Å². The van der Waals surface area contributed by atoms with E-state index in [9.17, 15) is 17.6 Å². The van der Waals surface area contributed by atoms with Crippen LogP contribution in [0.3, 0.4) is 0 Å². The predicted octanol–water partition coefficient (Wildman–Crippen LogP) is 2.20. The summed E-state index contributed by atoms with van der Waals surface area (Å²) in [5, 5.41) is 9.02. The second kappa shape index (κ2) is 7.51. The van der Waals surface area contributed by atoms with Crippen LogP contribution in [0.2, 0.25) is 0 Å². The van der Waals surface area contributed by atoms with Gasteiger partial charge < -0.3 is 5.11 Å². The molecule has 1 rings (SSSR count). The van der Waals surface area contributed by atoms with Crippen LogP contribution in [0, 0.1) is 12.7 Å². The summed E-state index contributed by atoms with van der Waals surface area (Å²) in [5.74, 6) is -2.13. The third-order valence-corrected chi connectivity index (χ3v) is 4.42. The Morgan fingerprint density at radius 2 is 2.10 bits per heavy atom. The monoisotopic (exact) mass is 317 g/mol. The first-order valence-corrected chi connectivity index (χ1v) is 8.38. The lowest BCUT2D eigenvalue weighted by Crippen LogP contribution is -2.41. The van der Waals surface area contributed by atoms with Gasteiger partial charge in [-0.05, 0) is 30.5 Å². The number of sulfonamides is 1. The summed E-state index contributed by atoms with van der Waals surface area (Å²) in [5.41, 5.74) is 0.709. The van der Waals surface area contributed by atoms with E-state index in [0.717, 1.165) is 12.5 Å². The summed E-state index contributed by atoms with van der Waals surface area (Å²) in [6.07, 6.45) is 1.61. The van der Waals surface area contributed by atoms with Crippen molar-refractivity contribution in [1.82, 2.24) is 4.72 Å². The van der Waals surface area contributed by atoms with Crippen molar-refractivity contribution in [3.8, 4) is 0 Å². The highest BCUT2D eigenvalue weighted by Crippen LogP contribution is 2.12. The van der Waals surface area contributed by atoms with Gasteiger partial charge >= 0.3 is 5.97 Å². The van der Waals surface area contributed by atoms with Crippen LogP contribution >= 0.6 is 0 Å². The highest BCUT2D eigenvalue weighted by atomic mass is 32.2. The minimum atomic E-state index is -3.84. The van der Waals surface area contributed by atoms with Gasteiger partial charge in [-0.3, -0.25) is 4.79 Å². The minimum absolute atomic E-state index is 0.229. The molecule has 7 heteroatoms. The van der Waals surface area contributed by atoms with E-state index in [4.69, 9.17) is 5.11 Å². The number of halogens is 1. The molecule has 0 saturated heterocycles. The molecule has 0 saturated carbocycles. The Balaban J connectivity index is 2.79. The van der Waals surface area contributed by atoms with E-state index in [1.165, 1.54) is 12.1 Å². The fourth-order valence-corrected chi connectivity index (χ4v) is 3.20. The first-order chi connectivity index (χ1) is 9.75. The number of benzene rings is 1. The van der Waals surface area contributed by atoms with Gasteiger partial charge in [-0.2, -0.15) is 0 Å². The molecule has 2 N–H and O–H groups in total. The van der Waals surface area contributed by atoms with Gasteiger partial charge in [0, 0.05) is 0 Å². The van der Waals surface area contributed by atoms with Crippen LogP contribution in [-0.2, 0) is 20.6 Å². The number of carboxylic acids is 1. The van der Waals surface area contributed by atoms with E-state index in [1.807, 2.05) is 6.92 Å². The Bertz CT molecular complexity index is 601. The number of hydrogen-bond donors (Lipinski definition) is 2. The minimum Gasteiger partial charge on any atom is -0.480 e. The van der Waals surface area contributed by atoms with E-state index >= 15 is 0 Å². The summed E-state index contributed by atoms with van der Waals surface area (Å²) in [4.78, 5) is 11.0. The smallest absolute Gasteiger partial charge is 0.321 e. The van der Waals surface area contributed by atoms with Crippen LogP contribution < -0.4 is 4.72 Å². The van der Waals surface area contributed by atoms with Crippen molar-refractivity contribution < 1.29 is 22.7 Å². The van der Waals surface area contributed by atoms with Crippen LogP contribution in [0.4, 0.5) is 4.39 Å². The number of rotatable bonds is 8. The van der Waals surface area contributed by atoms with E-state index in [1.54, 1.807) is 6.92 Å². The summed E-state index contributed by atoms with van der Waals surface area (Å²) >= 11 is 0. The maximum Gasteiger partial charge on any atom is 0.321 e. The first kappa shape index (κ1) is 17.6. The highest BCUT2D eigenvalue weighted by Gasteiger charge is 2.23. The fraction of sp³-hybridized carbons (Fsp3) is 0.500. The van der Waals surface area contributed by atoms with Gasteiger partial charge in [-0.25, -0.2) is 17.5 Å². The van der Waals surface area contributed by atoms with Crippen molar-refractivity contribution in [3.63, 3.8) is 0 Å². The van der Waals surface area contributed by atoms with Gasteiger partial charge in [0.15, 0.2) is 0 Å². The molecule has 0 bridgehead atoms. The summed E-state index contributed by atoms with van der Waals surface area (Å²) in [7, 11) is -3.84. The molecule has 0 fully saturated rings. The number of unbranched alkanes of at least 4 members (excludes halogenated alkanes) is 1. The molecule has 0 radical (unpaired) electrons. The topological polar surface area (TPSA) is 83.5 Å². The number of aliphatic carboxylic acids is 1. The zero-order chi connectivity index (χ0) is 16.0. The first-order valence-electron chi connectivity index (χ1n) is 6.73. The number of aryl methyl sites for hydroxylation is 1. The lowest BCUT2D eigenvalue weighted by molar-refractivity contribution is -0.139. The maximum absolute atomic E-state index is 13.4. The Hall–Kier alpha value is -1.47. The molecular weight excluding hydrogens is 297 g/mol. The quantitative estimate of drug-likeness (QED) is 0.770. The van der Waals surface area contributed by atoms with E-state index < -0.39 is 33.6 Å². The number of nitrogens with one attached hydrogen (secondary N) is 1. The second-order valence-electron chi connectivity index (χ2n) is 4.99. The van der Waals surface area contributed by atoms with Crippen molar-refractivity contribution >= 4 is 16.0 Å². The van der Waals surface area contributed by atoms with Crippen LogP contribution in [0.5, 0.6) is 0 Å². The van der Waals surface area contributed by atoms with Crippen molar-refractivity contribution in [1.29, 1.82) is 0 Å². The third kappa shape index (κ3) is 5.81. The van der Waals surface area contributed by atoms with Crippen molar-refractivity contribution in [2.45, 2.75) is 44.9 Å². The highest BCUT2D eigenvalue weighted by molar-refractivity contribution is 7.88. The van der Waals surface area contributed by atoms with Crippen LogP contribution in [0.15, 0.2) is 18.2 Å². The zero-order valence-electron chi connectivity index (χ0n) is 12.1. The number of hydrogen-bond acceptors (Lipinski definition) is 3. The molecular formula is C14H20FNO4S. The molecule has 0 heterocycles. The molecule has 118 valence electrons. The lowest BCUT2D eigenvalue weighted by Gasteiger charge is -2.14. The molecule has 1 aromatic rings. The molecule has 0 spiro atoms. The van der Waals surface area contributed by atoms with Crippen molar-refractivity contribution in [2.24, 2.45) is 0 Å². The second-order valence-corrected chi connectivity index (χ2v) is 6.75. The Kier molecular flexibility index (Phi) is 6.29. The maximum atomic E-state index is 13.4. The summed E-state index contributed by atoms with van der Waals surface area (Å²) in [6.45, 7) is 3.47. The average Bonchev–Trinajstić information content (AvgIpc) is 2.38. The van der Waals surface area contributed by atoms with Gasteiger partial charge in [0.2, 0.25) is 10.0 Å². The van der Waals surface area contributed by atoms with Gasteiger partial charge in [0.05, 0.1) is 5.75 Å². The molecule has 0 aliphatic carbocycles. The molecule has 0 aromatic heterocycles. The molecule has 0 aliphatic rings. The molecule has 0 aliphatic heterocycles. The normalized spacial score (nSPS) is 13.1. The van der Waals surface area contributed by atoms with Crippen LogP contribution in [0.1, 0.15) is 37.3 Å². The predicted molar refractivity (Wildman–Crippen MR) is 77.8 cm³/mol. The summed E-state index contributed by atoms with van der Waals surface area (Å²) < 4.78 is 39.5. The number of carboxylic acid groups (broad SMARTS) is 1. The van der Waals surface area contributed by atoms with Crippen molar-refractivity contribution in [2.75, 3.05) is 0 Å². The van der Waals surface area contributed by atoms with Gasteiger partial charge in [0.25, 0.3) is 0 Å². The van der Waals surface area contributed by atoms with E-state index in [-0.39, 0.29) is 12.0 Å². The third-order valence-electron chi connectivity index (χ3n) is 3.06. The standard InChI is InChI=1S/C14H20FNO4S/c1-3-4-5-13(14(17)18)16-21(19,20)9-11-7-6-10(2)12(15)8-11/h6-8,13,16H,3-5,9H2,1-2H3,(H,17,18). The SMILES string of the molecule is CCCCC(NS(=O)(=O)Cc1ccc(C)c(F)c1)C(=O)O. The van der Waals surface area contributed by atoms with E-state index in [0.29, 0.717) is 12.0 Å². The molecule has 1 atom stereocenters. The largest absolute Gasteiger partial charge is 0.480 e. The number of carbonyl (C=O) groups is 1. The molecule has 21 heavy (non-hydrogen) atoms. The van der Waals surface area contributed by atoms with Crippen LogP contribution in [-0.4, -0.2) is 25.5 Å². The molecule has 5 nitrogen and oxygen atoms in total. The fourth-order valence-electron chi connectivity index (χ4n) is 1.85. The molecule has 1 unspecified atom stereocenters. The Morgan fingerprint density at radius 1 is 1.43 bits per heavy atom. The van der Waals surface area contributed by atoms with Gasteiger partial charge in [-0.15, -0.1) is 0 Å². The Morgan fingerprint density at radius 3 is 2.62 bits per heavy atom. The van der Waals surface area contributed by atoms with Gasteiger partial charge in [-0.1, -0.05) is 31.9 Å². The zero-order valence-corrected chi connectivity index (χ0v) is 12.9. The Labute approximate surface area is 124 Å². The lowest BCUT2D eigenvalue weighted by atomic mass is 10.1. The molecule has 0 amide bonds. The van der Waals surface area contributed by atoms with Gasteiger partial charge in [0.1, 0.15) is 11.9 Å². The van der Waals surface area contributed by atoms with E-state index in [2.05, 4.69) is 4.72 Å².